The molecule has 296 valence electrons. The molecule has 2 rings (SSSR count). The first-order valence-corrected chi connectivity index (χ1v) is 18.9. The molecule has 15 nitrogen and oxygen atoms in total. The van der Waals surface area contributed by atoms with Gasteiger partial charge in [0.05, 0.1) is 31.5 Å². The van der Waals surface area contributed by atoms with Crippen LogP contribution in [0.5, 0.6) is 5.88 Å². The van der Waals surface area contributed by atoms with Crippen LogP contribution in [0.25, 0.3) is 0 Å². The van der Waals surface area contributed by atoms with E-state index in [1.165, 1.54) is 32.6 Å². The lowest BCUT2D eigenvalue weighted by Crippen LogP contribution is -2.57. The fraction of sp³-hybridized carbons (Fsp3) is 0.806. The minimum absolute atomic E-state index is 0.0697. The predicted molar refractivity (Wildman–Crippen MR) is 194 cm³/mol. The molecule has 0 radical (unpaired) electrons. The van der Waals surface area contributed by atoms with Gasteiger partial charge >= 0.3 is 11.9 Å². The fourth-order valence-corrected chi connectivity index (χ4v) is 6.69. The molecule has 0 N–H and O–H groups in total. The molecule has 0 saturated carbocycles. The molecule has 0 bridgehead atoms. The van der Waals surface area contributed by atoms with Crippen molar-refractivity contribution in [3.05, 3.63) is 0 Å². The van der Waals surface area contributed by atoms with Gasteiger partial charge in [-0.05, 0) is 74.1 Å². The van der Waals surface area contributed by atoms with E-state index < -0.39 is 59.0 Å². The zero-order valence-electron chi connectivity index (χ0n) is 33.1. The molecule has 1 fully saturated rings. The first-order valence-electron chi connectivity index (χ1n) is 18.2. The number of aromatic nitrogens is 2. The van der Waals surface area contributed by atoms with Gasteiger partial charge in [0.25, 0.3) is 11.8 Å². The maximum Gasteiger partial charge on any atom is 0.347 e. The van der Waals surface area contributed by atoms with Crippen LogP contribution in [0.15, 0.2) is 0 Å². The number of amides is 1. The molecule has 0 spiro atoms. The van der Waals surface area contributed by atoms with E-state index in [4.69, 9.17) is 28.4 Å². The second-order valence-electron chi connectivity index (χ2n) is 14.1. The Labute approximate surface area is 312 Å². The van der Waals surface area contributed by atoms with E-state index >= 15 is 0 Å². The number of morpholine rings is 1. The summed E-state index contributed by atoms with van der Waals surface area (Å²) < 4.78 is 44.0. The number of hydrogen-bond donors (Lipinski definition) is 0. The zero-order valence-corrected chi connectivity index (χ0v) is 33.9. The zero-order chi connectivity index (χ0) is 39.4. The second-order valence-corrected chi connectivity index (χ2v) is 14.6. The summed E-state index contributed by atoms with van der Waals surface area (Å²) >= 11 is 1.00. The van der Waals surface area contributed by atoms with Crippen LogP contribution in [0, 0.1) is 0 Å². The average molecular weight is 757 g/mol. The minimum atomic E-state index is -1.38. The van der Waals surface area contributed by atoms with Crippen molar-refractivity contribution < 1.29 is 52.4 Å². The van der Waals surface area contributed by atoms with Gasteiger partial charge in [-0.3, -0.25) is 19.2 Å². The van der Waals surface area contributed by atoms with Crippen LogP contribution in [0.4, 0.5) is 5.82 Å². The van der Waals surface area contributed by atoms with Crippen molar-refractivity contribution in [3.63, 3.8) is 0 Å². The molecule has 1 aliphatic heterocycles. The van der Waals surface area contributed by atoms with Crippen LogP contribution in [0.2, 0.25) is 0 Å². The summed E-state index contributed by atoms with van der Waals surface area (Å²) in [6.07, 6.45) is -3.02. The van der Waals surface area contributed by atoms with Gasteiger partial charge in [-0.1, -0.05) is 27.7 Å². The van der Waals surface area contributed by atoms with Crippen LogP contribution < -0.4 is 9.64 Å². The van der Waals surface area contributed by atoms with Crippen molar-refractivity contribution >= 4 is 47.0 Å². The fourth-order valence-electron chi connectivity index (χ4n) is 6.17. The first-order chi connectivity index (χ1) is 24.3. The highest BCUT2D eigenvalue weighted by Gasteiger charge is 2.46. The van der Waals surface area contributed by atoms with Gasteiger partial charge in [0, 0.05) is 25.6 Å². The Hall–Kier alpha value is -3.21. The van der Waals surface area contributed by atoms with Gasteiger partial charge in [0.2, 0.25) is 5.82 Å². The third-order valence-electron chi connectivity index (χ3n) is 9.48. The Kier molecular flexibility index (Phi) is 17.1. The van der Waals surface area contributed by atoms with Crippen molar-refractivity contribution in [1.82, 2.24) is 13.6 Å². The van der Waals surface area contributed by atoms with Crippen LogP contribution in [-0.4, -0.2) is 124 Å². The van der Waals surface area contributed by atoms with Crippen molar-refractivity contribution in [3.8, 4) is 5.88 Å². The van der Waals surface area contributed by atoms with E-state index in [1.54, 1.807) is 6.92 Å². The molecule has 4 atom stereocenters. The molecule has 1 aromatic heterocycles. The minimum Gasteiger partial charge on any atom is -0.472 e. The molecule has 2 heterocycles. The van der Waals surface area contributed by atoms with E-state index in [1.807, 2.05) is 53.4 Å². The Balaban J connectivity index is 2.50. The average Bonchev–Trinajstić information content (AvgIpc) is 3.58. The van der Waals surface area contributed by atoms with E-state index in [0.717, 1.165) is 11.7 Å². The lowest BCUT2D eigenvalue weighted by molar-refractivity contribution is -0.185. The summed E-state index contributed by atoms with van der Waals surface area (Å²) in [6.45, 7) is 22.0. The van der Waals surface area contributed by atoms with Gasteiger partial charge in [0.1, 0.15) is 30.0 Å². The summed E-state index contributed by atoms with van der Waals surface area (Å²) in [5.74, 6) is -1.71. The highest BCUT2D eigenvalue weighted by molar-refractivity contribution is 6.99. The molecular weight excluding hydrogens is 696 g/mol. The van der Waals surface area contributed by atoms with Crippen molar-refractivity contribution in [2.24, 2.45) is 0 Å². The van der Waals surface area contributed by atoms with Crippen LogP contribution in [0.1, 0.15) is 109 Å². The standard InChI is InChI=1S/C36H60N4O11S/c1-13-35(14-2,26(8)41)50-23(5)29(43)36(15-3,16-4)51-28(22-47-31-30(37-52-38-31)39-17-19-46-20-18-39)21-40(34(10,11)12)32(44)24(6)49-33(45)25(7)48-27(9)42/h23-25,28H,13-22H2,1-12H3/t23?,24?,25?,28-/m0/s1. The number of Topliss-reactive ketones (excluding diaryl/α,β-unsaturated/α-hetero) is 2. The highest BCUT2D eigenvalue weighted by Crippen LogP contribution is 2.32. The molecule has 16 heteroatoms. The Morgan fingerprint density at radius 2 is 1.40 bits per heavy atom. The quantitative estimate of drug-likeness (QED) is 0.162. The third kappa shape index (κ3) is 11.6. The van der Waals surface area contributed by atoms with E-state index in [-0.39, 0.29) is 43.4 Å². The molecule has 3 unspecified atom stereocenters. The Bertz CT molecular complexity index is 1350. The summed E-state index contributed by atoms with van der Waals surface area (Å²) in [4.78, 5) is 68.6. The monoisotopic (exact) mass is 756 g/mol. The SMILES string of the molecule is CCC(CC)(OC(C)C(=O)C(CC)(CC)O[C@H](COc1nsnc1N1CCOCC1)CN(C(=O)C(C)OC(=O)C(C)OC(C)=O)C(C)(C)C)C(C)=O. The normalized spacial score (nSPS) is 16.3. The second kappa shape index (κ2) is 19.7. The molecule has 1 aliphatic rings. The predicted octanol–water partition coefficient (Wildman–Crippen LogP) is 4.33. The van der Waals surface area contributed by atoms with Gasteiger partial charge in [-0.15, -0.1) is 4.37 Å². The number of rotatable bonds is 21. The number of ketones is 2. The van der Waals surface area contributed by atoms with Gasteiger partial charge in [-0.25, -0.2) is 4.79 Å². The lowest BCUT2D eigenvalue weighted by atomic mass is 9.87. The molecule has 0 aromatic carbocycles. The van der Waals surface area contributed by atoms with Gasteiger partial charge in [-0.2, -0.15) is 4.37 Å². The largest absolute Gasteiger partial charge is 0.472 e. The van der Waals surface area contributed by atoms with E-state index in [0.29, 0.717) is 45.0 Å². The number of hydrogen-bond acceptors (Lipinski definition) is 15. The topological polar surface area (TPSA) is 173 Å². The van der Waals surface area contributed by atoms with Crippen LogP contribution in [0.3, 0.4) is 0 Å². The highest BCUT2D eigenvalue weighted by atomic mass is 32.1. The summed E-state index contributed by atoms with van der Waals surface area (Å²) in [5, 5.41) is 0. The molecule has 1 amide bonds. The summed E-state index contributed by atoms with van der Waals surface area (Å²) in [5.41, 5.74) is -3.31. The number of carbonyl (C=O) groups excluding carboxylic acids is 5. The Morgan fingerprint density at radius 3 is 1.90 bits per heavy atom. The number of carbonyl (C=O) groups is 5. The number of esters is 2. The van der Waals surface area contributed by atoms with Gasteiger partial charge in [0.15, 0.2) is 23.8 Å². The lowest BCUT2D eigenvalue weighted by Gasteiger charge is -2.42. The molecule has 0 aliphatic carbocycles. The molecule has 1 saturated heterocycles. The number of anilines is 1. The first kappa shape index (κ1) is 44.9. The Morgan fingerprint density at radius 1 is 0.827 bits per heavy atom. The van der Waals surface area contributed by atoms with Crippen molar-refractivity contribution in [2.75, 3.05) is 44.4 Å². The smallest absolute Gasteiger partial charge is 0.347 e. The maximum absolute atomic E-state index is 14.4. The van der Waals surface area contributed by atoms with Crippen molar-refractivity contribution in [2.45, 2.75) is 150 Å². The number of nitrogens with zero attached hydrogens (tertiary/aromatic N) is 4. The van der Waals surface area contributed by atoms with E-state index in [9.17, 15) is 24.0 Å². The van der Waals surface area contributed by atoms with Crippen LogP contribution >= 0.6 is 11.7 Å². The molecule has 52 heavy (non-hydrogen) atoms. The van der Waals surface area contributed by atoms with Gasteiger partial charge < -0.3 is 38.2 Å². The molecular formula is C36H60N4O11S. The maximum atomic E-state index is 14.4. The summed E-state index contributed by atoms with van der Waals surface area (Å²) in [7, 11) is 0. The van der Waals surface area contributed by atoms with Crippen LogP contribution in [-0.2, 0) is 47.7 Å². The summed E-state index contributed by atoms with van der Waals surface area (Å²) in [6, 6.07) is 0. The third-order valence-corrected chi connectivity index (χ3v) is 9.98. The number of ether oxygens (including phenoxy) is 6. The molecule has 1 aromatic rings. The van der Waals surface area contributed by atoms with Crippen molar-refractivity contribution in [1.29, 1.82) is 0 Å². The van der Waals surface area contributed by atoms with E-state index in [2.05, 4.69) is 8.75 Å².